The molecular weight excluding hydrogens is 282 g/mol. The maximum Gasteiger partial charge on any atom is 0.317 e. The number of amides is 2. The number of nitrogens with zero attached hydrogens (tertiary/aromatic N) is 2. The van der Waals surface area contributed by atoms with Crippen LogP contribution in [0.1, 0.15) is 12.1 Å². The average molecular weight is 301 g/mol. The Bertz CT molecular complexity index is 672. The summed E-state index contributed by atoms with van der Waals surface area (Å²) in [5.74, 6) is -0.917. The number of carboxylic acids is 1. The van der Waals surface area contributed by atoms with Crippen LogP contribution in [-0.4, -0.2) is 47.1 Å². The highest BCUT2D eigenvalue weighted by molar-refractivity contribution is 5.78. The van der Waals surface area contributed by atoms with E-state index < -0.39 is 5.97 Å². The lowest BCUT2D eigenvalue weighted by molar-refractivity contribution is -0.137. The van der Waals surface area contributed by atoms with E-state index >= 15 is 0 Å². The minimum atomic E-state index is -0.917. The van der Waals surface area contributed by atoms with E-state index in [0.717, 1.165) is 16.6 Å². The van der Waals surface area contributed by atoms with Crippen LogP contribution >= 0.6 is 0 Å². The summed E-state index contributed by atoms with van der Waals surface area (Å²) in [6.45, 7) is 0.650. The van der Waals surface area contributed by atoms with Crippen LogP contribution in [0.5, 0.6) is 0 Å². The molecule has 6 nitrogen and oxygen atoms in total. The molecule has 0 fully saturated rings. The molecular formula is C16H19N3O3. The minimum absolute atomic E-state index is 0.0594. The van der Waals surface area contributed by atoms with Gasteiger partial charge in [0.1, 0.15) is 0 Å². The number of pyridine rings is 1. The molecule has 1 aromatic carbocycles. The minimum Gasteiger partial charge on any atom is -0.481 e. The standard InChI is InChI=1S/C16H19N3O3/c1-19(11-9-15(20)21)16(22)17-10-8-13-7-6-12-4-2-3-5-14(12)18-13/h2-7H,8-11H2,1H3,(H,17,22)(H,20,21). The van der Waals surface area contributed by atoms with Gasteiger partial charge < -0.3 is 15.3 Å². The van der Waals surface area contributed by atoms with E-state index in [1.165, 1.54) is 4.90 Å². The van der Waals surface area contributed by atoms with E-state index in [1.807, 2.05) is 36.4 Å². The SMILES string of the molecule is CN(CCC(=O)O)C(=O)NCCc1ccc2ccccc2n1. The predicted molar refractivity (Wildman–Crippen MR) is 83.7 cm³/mol. The van der Waals surface area contributed by atoms with E-state index in [0.29, 0.717) is 13.0 Å². The maximum atomic E-state index is 11.8. The lowest BCUT2D eigenvalue weighted by atomic mass is 10.2. The molecule has 2 amide bonds. The molecule has 1 aromatic heterocycles. The molecule has 0 radical (unpaired) electrons. The van der Waals surface area contributed by atoms with E-state index in [9.17, 15) is 9.59 Å². The van der Waals surface area contributed by atoms with Crippen molar-refractivity contribution in [3.63, 3.8) is 0 Å². The van der Waals surface area contributed by atoms with Crippen LogP contribution in [0.4, 0.5) is 4.79 Å². The predicted octanol–water partition coefficient (Wildman–Crippen LogP) is 1.89. The molecule has 0 saturated heterocycles. The van der Waals surface area contributed by atoms with Gasteiger partial charge >= 0.3 is 12.0 Å². The number of benzene rings is 1. The Hall–Kier alpha value is -2.63. The van der Waals surface area contributed by atoms with Crippen molar-refractivity contribution in [1.82, 2.24) is 15.2 Å². The molecule has 0 atom stereocenters. The fraction of sp³-hybridized carbons (Fsp3) is 0.312. The normalized spacial score (nSPS) is 10.4. The van der Waals surface area contributed by atoms with Crippen LogP contribution in [0.15, 0.2) is 36.4 Å². The molecule has 6 heteroatoms. The molecule has 2 rings (SSSR count). The number of hydrogen-bond donors (Lipinski definition) is 2. The molecule has 2 aromatic rings. The first-order chi connectivity index (χ1) is 10.6. The number of carbonyl (C=O) groups excluding carboxylic acids is 1. The smallest absolute Gasteiger partial charge is 0.317 e. The zero-order valence-electron chi connectivity index (χ0n) is 12.5. The van der Waals surface area contributed by atoms with Crippen molar-refractivity contribution in [1.29, 1.82) is 0 Å². The number of carboxylic acid groups (broad SMARTS) is 1. The number of para-hydroxylation sites is 1. The van der Waals surface area contributed by atoms with Crippen LogP contribution < -0.4 is 5.32 Å². The van der Waals surface area contributed by atoms with Gasteiger partial charge in [0.2, 0.25) is 0 Å². The van der Waals surface area contributed by atoms with Crippen molar-refractivity contribution < 1.29 is 14.7 Å². The monoisotopic (exact) mass is 301 g/mol. The van der Waals surface area contributed by atoms with Gasteiger partial charge in [-0.25, -0.2) is 4.79 Å². The number of urea groups is 1. The second kappa shape index (κ2) is 7.40. The molecule has 0 aliphatic heterocycles. The highest BCUT2D eigenvalue weighted by Crippen LogP contribution is 2.11. The highest BCUT2D eigenvalue weighted by atomic mass is 16.4. The van der Waals surface area contributed by atoms with Crippen molar-refractivity contribution in [3.05, 3.63) is 42.1 Å². The third kappa shape index (κ3) is 4.44. The summed E-state index contributed by atoms with van der Waals surface area (Å²) < 4.78 is 0. The Balaban J connectivity index is 1.81. The number of hydrogen-bond acceptors (Lipinski definition) is 3. The summed E-state index contributed by atoms with van der Waals surface area (Å²) >= 11 is 0. The summed E-state index contributed by atoms with van der Waals surface area (Å²) in [7, 11) is 1.58. The summed E-state index contributed by atoms with van der Waals surface area (Å²) in [5.41, 5.74) is 1.84. The second-order valence-corrected chi connectivity index (χ2v) is 5.04. The third-order valence-electron chi connectivity index (χ3n) is 3.32. The first kappa shape index (κ1) is 15.8. The van der Waals surface area contributed by atoms with E-state index in [-0.39, 0.29) is 19.0 Å². The number of fused-ring (bicyclic) bond motifs is 1. The molecule has 0 aliphatic carbocycles. The van der Waals surface area contributed by atoms with Gasteiger partial charge in [-0.2, -0.15) is 0 Å². The Kier molecular flexibility index (Phi) is 5.30. The van der Waals surface area contributed by atoms with Crippen molar-refractivity contribution in [3.8, 4) is 0 Å². The van der Waals surface area contributed by atoms with Crippen molar-refractivity contribution >= 4 is 22.9 Å². The Morgan fingerprint density at radius 3 is 2.77 bits per heavy atom. The first-order valence-corrected chi connectivity index (χ1v) is 7.11. The first-order valence-electron chi connectivity index (χ1n) is 7.11. The van der Waals surface area contributed by atoms with Gasteiger partial charge in [-0.3, -0.25) is 9.78 Å². The lowest BCUT2D eigenvalue weighted by Gasteiger charge is -2.16. The molecule has 0 aliphatic rings. The van der Waals surface area contributed by atoms with Gasteiger partial charge in [0.05, 0.1) is 11.9 Å². The molecule has 0 unspecified atom stereocenters. The van der Waals surface area contributed by atoms with E-state index in [1.54, 1.807) is 7.05 Å². The van der Waals surface area contributed by atoms with Crippen LogP contribution in [0, 0.1) is 0 Å². The average Bonchev–Trinajstić information content (AvgIpc) is 2.52. The Morgan fingerprint density at radius 1 is 1.23 bits per heavy atom. The van der Waals surface area contributed by atoms with Gasteiger partial charge in [-0.1, -0.05) is 24.3 Å². The molecule has 22 heavy (non-hydrogen) atoms. The largest absolute Gasteiger partial charge is 0.481 e. The van der Waals surface area contributed by atoms with Crippen LogP contribution in [0.2, 0.25) is 0 Å². The fourth-order valence-electron chi connectivity index (χ4n) is 2.04. The van der Waals surface area contributed by atoms with Crippen LogP contribution in [0.3, 0.4) is 0 Å². The zero-order chi connectivity index (χ0) is 15.9. The molecule has 0 bridgehead atoms. The van der Waals surface area contributed by atoms with Gasteiger partial charge in [-0.15, -0.1) is 0 Å². The van der Waals surface area contributed by atoms with Crippen molar-refractivity contribution in [2.45, 2.75) is 12.8 Å². The Morgan fingerprint density at radius 2 is 2.00 bits per heavy atom. The summed E-state index contributed by atoms with van der Waals surface area (Å²) in [4.78, 5) is 28.1. The van der Waals surface area contributed by atoms with Crippen molar-refractivity contribution in [2.75, 3.05) is 20.1 Å². The maximum absolute atomic E-state index is 11.8. The number of carbonyl (C=O) groups is 2. The van der Waals surface area contributed by atoms with Gasteiger partial charge in [-0.05, 0) is 12.1 Å². The van der Waals surface area contributed by atoms with Gasteiger partial charge in [0, 0.05) is 37.6 Å². The lowest BCUT2D eigenvalue weighted by Crippen LogP contribution is -2.39. The number of aliphatic carboxylic acids is 1. The van der Waals surface area contributed by atoms with E-state index in [2.05, 4.69) is 10.3 Å². The number of rotatable bonds is 6. The molecule has 2 N–H and O–H groups in total. The summed E-state index contributed by atoms with van der Waals surface area (Å²) in [5, 5.41) is 12.4. The molecule has 0 spiro atoms. The number of aromatic nitrogens is 1. The third-order valence-corrected chi connectivity index (χ3v) is 3.32. The van der Waals surface area contributed by atoms with Gasteiger partial charge in [0.25, 0.3) is 0 Å². The second-order valence-electron chi connectivity index (χ2n) is 5.04. The topological polar surface area (TPSA) is 82.5 Å². The Labute approximate surface area is 128 Å². The fourth-order valence-corrected chi connectivity index (χ4v) is 2.04. The summed E-state index contributed by atoms with van der Waals surface area (Å²) in [6, 6.07) is 11.6. The highest BCUT2D eigenvalue weighted by Gasteiger charge is 2.09. The zero-order valence-corrected chi connectivity index (χ0v) is 12.5. The number of nitrogens with one attached hydrogen (secondary N) is 1. The quantitative estimate of drug-likeness (QED) is 0.853. The van der Waals surface area contributed by atoms with Crippen molar-refractivity contribution in [2.24, 2.45) is 0 Å². The van der Waals surface area contributed by atoms with Crippen LogP contribution in [-0.2, 0) is 11.2 Å². The van der Waals surface area contributed by atoms with Crippen LogP contribution in [0.25, 0.3) is 10.9 Å². The molecule has 0 saturated carbocycles. The summed E-state index contributed by atoms with van der Waals surface area (Å²) in [6.07, 6.45) is 0.569. The molecule has 1 heterocycles. The van der Waals surface area contributed by atoms with E-state index in [4.69, 9.17) is 5.11 Å². The molecule has 116 valence electrons. The van der Waals surface area contributed by atoms with Gasteiger partial charge in [0.15, 0.2) is 0 Å².